The van der Waals surface area contributed by atoms with Gasteiger partial charge in [0.25, 0.3) is 0 Å². The Morgan fingerprint density at radius 2 is 2.29 bits per heavy atom. The summed E-state index contributed by atoms with van der Waals surface area (Å²) >= 11 is 0. The Kier molecular flexibility index (Phi) is 2.30. The van der Waals surface area contributed by atoms with Gasteiger partial charge in [-0.1, -0.05) is 13.8 Å². The van der Waals surface area contributed by atoms with Crippen molar-refractivity contribution in [2.45, 2.75) is 39.2 Å². The van der Waals surface area contributed by atoms with Crippen molar-refractivity contribution in [1.82, 2.24) is 4.90 Å². The molecule has 0 aromatic heterocycles. The normalized spacial score (nSPS) is 35.9. The molecule has 0 unspecified atom stereocenters. The molecule has 80 valence electrons. The largest absolute Gasteiger partial charge is 0.396 e. The number of hydrogen-bond donors (Lipinski definition) is 1. The second-order valence-corrected chi connectivity index (χ2v) is 5.43. The Labute approximate surface area is 85.1 Å². The summed E-state index contributed by atoms with van der Waals surface area (Å²) in [4.78, 5) is 13.8. The van der Waals surface area contributed by atoms with Crippen molar-refractivity contribution < 1.29 is 9.90 Å². The van der Waals surface area contributed by atoms with Crippen molar-refractivity contribution in [3.8, 4) is 0 Å². The van der Waals surface area contributed by atoms with Gasteiger partial charge < -0.3 is 10.0 Å². The van der Waals surface area contributed by atoms with E-state index in [-0.39, 0.29) is 17.9 Å². The van der Waals surface area contributed by atoms with E-state index in [1.54, 1.807) is 0 Å². The van der Waals surface area contributed by atoms with Crippen LogP contribution in [0.1, 0.15) is 33.1 Å². The van der Waals surface area contributed by atoms with Gasteiger partial charge in [-0.2, -0.15) is 0 Å². The molecule has 3 nitrogen and oxygen atoms in total. The number of nitrogens with zero attached hydrogens (tertiary/aromatic N) is 1. The zero-order valence-corrected chi connectivity index (χ0v) is 8.99. The van der Waals surface area contributed by atoms with E-state index < -0.39 is 0 Å². The highest BCUT2D eigenvalue weighted by atomic mass is 16.3. The maximum Gasteiger partial charge on any atom is 0.223 e. The van der Waals surface area contributed by atoms with Crippen LogP contribution < -0.4 is 0 Å². The fourth-order valence-corrected chi connectivity index (χ4v) is 2.87. The molecule has 0 aromatic carbocycles. The summed E-state index contributed by atoms with van der Waals surface area (Å²) in [7, 11) is 0. The molecule has 0 spiro atoms. The van der Waals surface area contributed by atoms with Gasteiger partial charge in [0.05, 0.1) is 0 Å². The standard InChI is InChI=1S/C11H19NO2/c1-11(2)5-9-8(7-13)3-4-12(9)10(14)6-11/h8-9,13H,3-7H2,1-2H3/t8-,9+/m1/s1. The number of hydrogen-bond acceptors (Lipinski definition) is 2. The molecule has 2 fully saturated rings. The van der Waals surface area contributed by atoms with Crippen molar-refractivity contribution in [2.75, 3.05) is 13.2 Å². The monoisotopic (exact) mass is 197 g/mol. The highest BCUT2D eigenvalue weighted by Crippen LogP contribution is 2.41. The quantitative estimate of drug-likeness (QED) is 0.681. The third-order valence-electron chi connectivity index (χ3n) is 3.63. The highest BCUT2D eigenvalue weighted by molar-refractivity contribution is 5.78. The van der Waals surface area contributed by atoms with E-state index >= 15 is 0 Å². The Hall–Kier alpha value is -0.570. The van der Waals surface area contributed by atoms with Gasteiger partial charge in [0.1, 0.15) is 0 Å². The average molecular weight is 197 g/mol. The Morgan fingerprint density at radius 3 is 2.93 bits per heavy atom. The van der Waals surface area contributed by atoms with Crippen molar-refractivity contribution in [3.05, 3.63) is 0 Å². The summed E-state index contributed by atoms with van der Waals surface area (Å²) < 4.78 is 0. The molecule has 3 heteroatoms. The first-order valence-electron chi connectivity index (χ1n) is 5.44. The SMILES string of the molecule is CC1(C)CC(=O)N2CC[C@H](CO)[C@@H]2C1. The lowest BCUT2D eigenvalue weighted by atomic mass is 9.76. The van der Waals surface area contributed by atoms with Crippen LogP contribution in [0.2, 0.25) is 0 Å². The molecule has 0 aliphatic carbocycles. The number of amides is 1. The molecule has 1 amide bonds. The summed E-state index contributed by atoms with van der Waals surface area (Å²) in [6.45, 7) is 5.37. The van der Waals surface area contributed by atoms with Crippen LogP contribution >= 0.6 is 0 Å². The molecular weight excluding hydrogens is 178 g/mol. The fourth-order valence-electron chi connectivity index (χ4n) is 2.87. The van der Waals surface area contributed by atoms with Crippen LogP contribution in [0.15, 0.2) is 0 Å². The van der Waals surface area contributed by atoms with Crippen LogP contribution in [-0.2, 0) is 4.79 Å². The van der Waals surface area contributed by atoms with E-state index in [1.807, 2.05) is 4.90 Å². The van der Waals surface area contributed by atoms with E-state index in [0.717, 1.165) is 19.4 Å². The number of fused-ring (bicyclic) bond motifs is 1. The topological polar surface area (TPSA) is 40.5 Å². The summed E-state index contributed by atoms with van der Waals surface area (Å²) in [5.74, 6) is 0.598. The van der Waals surface area contributed by atoms with Crippen LogP contribution in [0.25, 0.3) is 0 Å². The summed E-state index contributed by atoms with van der Waals surface area (Å²) in [6, 6.07) is 0.302. The van der Waals surface area contributed by atoms with Crippen LogP contribution in [0.5, 0.6) is 0 Å². The molecule has 0 bridgehead atoms. The van der Waals surface area contributed by atoms with Gasteiger partial charge in [-0.3, -0.25) is 4.79 Å². The lowest BCUT2D eigenvalue weighted by Gasteiger charge is -2.41. The van der Waals surface area contributed by atoms with Crippen LogP contribution in [0, 0.1) is 11.3 Å². The molecule has 0 aromatic rings. The number of carbonyl (C=O) groups excluding carboxylic acids is 1. The smallest absolute Gasteiger partial charge is 0.223 e. The highest BCUT2D eigenvalue weighted by Gasteiger charge is 2.44. The van der Waals surface area contributed by atoms with Crippen molar-refractivity contribution in [1.29, 1.82) is 0 Å². The molecule has 2 aliphatic rings. The predicted octanol–water partition coefficient (Wildman–Crippen LogP) is 1.02. The van der Waals surface area contributed by atoms with Gasteiger partial charge in [-0.05, 0) is 18.3 Å². The Bertz CT molecular complexity index is 250. The van der Waals surface area contributed by atoms with Crippen molar-refractivity contribution in [3.63, 3.8) is 0 Å². The first-order valence-corrected chi connectivity index (χ1v) is 5.44. The molecule has 2 saturated heterocycles. The van der Waals surface area contributed by atoms with Gasteiger partial charge >= 0.3 is 0 Å². The van der Waals surface area contributed by atoms with Gasteiger partial charge in [0.15, 0.2) is 0 Å². The Morgan fingerprint density at radius 1 is 1.57 bits per heavy atom. The number of rotatable bonds is 1. The van der Waals surface area contributed by atoms with E-state index in [4.69, 9.17) is 0 Å². The molecule has 2 rings (SSSR count). The van der Waals surface area contributed by atoms with Crippen LogP contribution in [0.3, 0.4) is 0 Å². The lowest BCUT2D eigenvalue weighted by Crippen LogP contribution is -2.47. The lowest BCUT2D eigenvalue weighted by molar-refractivity contribution is -0.139. The fraction of sp³-hybridized carbons (Fsp3) is 0.909. The summed E-state index contributed by atoms with van der Waals surface area (Å²) in [6.07, 6.45) is 2.69. The predicted molar refractivity (Wildman–Crippen MR) is 53.7 cm³/mol. The van der Waals surface area contributed by atoms with Crippen molar-refractivity contribution in [2.24, 2.45) is 11.3 Å². The first-order chi connectivity index (χ1) is 6.53. The molecule has 2 atom stereocenters. The molecule has 14 heavy (non-hydrogen) atoms. The third kappa shape index (κ3) is 1.54. The second-order valence-electron chi connectivity index (χ2n) is 5.43. The van der Waals surface area contributed by atoms with E-state index in [2.05, 4.69) is 13.8 Å². The zero-order valence-electron chi connectivity index (χ0n) is 8.99. The molecular formula is C11H19NO2. The van der Waals surface area contributed by atoms with Gasteiger partial charge in [-0.25, -0.2) is 0 Å². The Balaban J connectivity index is 2.17. The van der Waals surface area contributed by atoms with E-state index in [9.17, 15) is 9.90 Å². The molecule has 0 saturated carbocycles. The zero-order chi connectivity index (χ0) is 10.3. The molecule has 0 radical (unpaired) electrons. The minimum Gasteiger partial charge on any atom is -0.396 e. The van der Waals surface area contributed by atoms with Gasteiger partial charge in [0.2, 0.25) is 5.91 Å². The van der Waals surface area contributed by atoms with Crippen LogP contribution in [-0.4, -0.2) is 35.1 Å². The van der Waals surface area contributed by atoms with Crippen LogP contribution in [0.4, 0.5) is 0 Å². The summed E-state index contributed by atoms with van der Waals surface area (Å²) in [5, 5.41) is 9.22. The van der Waals surface area contributed by atoms with E-state index in [1.165, 1.54) is 0 Å². The number of aliphatic hydroxyl groups excluding tert-OH is 1. The molecule has 2 heterocycles. The minimum absolute atomic E-state index is 0.121. The number of aliphatic hydroxyl groups is 1. The molecule has 1 N–H and O–H groups in total. The van der Waals surface area contributed by atoms with Gasteiger partial charge in [0, 0.05) is 31.5 Å². The maximum absolute atomic E-state index is 11.8. The minimum atomic E-state index is 0.121. The maximum atomic E-state index is 11.8. The third-order valence-corrected chi connectivity index (χ3v) is 3.63. The second kappa shape index (κ2) is 3.23. The van der Waals surface area contributed by atoms with E-state index in [0.29, 0.717) is 18.4 Å². The molecule has 2 aliphatic heterocycles. The average Bonchev–Trinajstić information content (AvgIpc) is 2.45. The van der Waals surface area contributed by atoms with Gasteiger partial charge in [-0.15, -0.1) is 0 Å². The summed E-state index contributed by atoms with van der Waals surface area (Å²) in [5.41, 5.74) is 0.121. The number of piperidine rings is 1. The van der Waals surface area contributed by atoms with Crippen molar-refractivity contribution >= 4 is 5.91 Å². The first kappa shape index (κ1) is 9.97. The number of carbonyl (C=O) groups is 1.